The molecule has 2 aliphatic rings. The molecule has 8 nitrogen and oxygen atoms in total. The van der Waals surface area contributed by atoms with E-state index in [4.69, 9.17) is 16.3 Å². The minimum atomic E-state index is -0.826. The van der Waals surface area contributed by atoms with Crippen LogP contribution in [0.25, 0.3) is 0 Å². The first kappa shape index (κ1) is 28.0. The molecule has 1 aliphatic carbocycles. The maximum absolute atomic E-state index is 13.2. The van der Waals surface area contributed by atoms with Crippen molar-refractivity contribution in [3.63, 3.8) is 0 Å². The van der Waals surface area contributed by atoms with Gasteiger partial charge in [0.25, 0.3) is 0 Å². The molecule has 0 aromatic heterocycles. The van der Waals surface area contributed by atoms with E-state index in [2.05, 4.69) is 16.0 Å². The van der Waals surface area contributed by atoms with E-state index in [0.717, 1.165) is 50.5 Å². The number of halogens is 1. The molecule has 1 saturated carbocycles. The van der Waals surface area contributed by atoms with Crippen molar-refractivity contribution < 1.29 is 23.9 Å². The number of rotatable bonds is 4. The molecule has 1 aliphatic heterocycles. The van der Waals surface area contributed by atoms with Crippen LogP contribution in [0, 0.1) is 5.92 Å². The summed E-state index contributed by atoms with van der Waals surface area (Å²) in [7, 11) is 0. The molecule has 0 spiro atoms. The van der Waals surface area contributed by atoms with Gasteiger partial charge in [-0.2, -0.15) is 0 Å². The zero-order chi connectivity index (χ0) is 25.8. The molecular formula is C27H38ClN3O5. The third kappa shape index (κ3) is 9.45. The highest BCUT2D eigenvalue weighted by atomic mass is 35.5. The zero-order valence-corrected chi connectivity index (χ0v) is 21.6. The first-order valence-corrected chi connectivity index (χ1v) is 13.6. The second kappa shape index (κ2) is 14.8. The normalized spacial score (nSPS) is 26.0. The fourth-order valence-electron chi connectivity index (χ4n) is 4.99. The van der Waals surface area contributed by atoms with E-state index in [9.17, 15) is 19.2 Å². The molecular weight excluding hydrogens is 482 g/mol. The van der Waals surface area contributed by atoms with Gasteiger partial charge in [-0.25, -0.2) is 4.79 Å². The summed E-state index contributed by atoms with van der Waals surface area (Å²) in [5.41, 5.74) is 0.790. The summed E-state index contributed by atoms with van der Waals surface area (Å²) in [5, 5.41) is 8.92. The van der Waals surface area contributed by atoms with Crippen molar-refractivity contribution in [2.45, 2.75) is 95.2 Å². The van der Waals surface area contributed by atoms with Crippen LogP contribution in [0.1, 0.15) is 88.7 Å². The van der Waals surface area contributed by atoms with Crippen molar-refractivity contribution in [1.82, 2.24) is 16.0 Å². The van der Waals surface area contributed by atoms with Crippen LogP contribution < -0.4 is 16.0 Å². The first-order chi connectivity index (χ1) is 17.4. The minimum Gasteiger partial charge on any atom is -0.441 e. The summed E-state index contributed by atoms with van der Waals surface area (Å²) in [6.45, 7) is 0.531. The molecule has 1 saturated heterocycles. The van der Waals surface area contributed by atoms with Gasteiger partial charge in [-0.1, -0.05) is 62.3 Å². The Bertz CT molecular complexity index is 890. The molecule has 9 heteroatoms. The van der Waals surface area contributed by atoms with E-state index in [1.165, 1.54) is 6.42 Å². The van der Waals surface area contributed by atoms with Gasteiger partial charge in [-0.15, -0.1) is 0 Å². The maximum Gasteiger partial charge on any atom is 0.408 e. The van der Waals surface area contributed by atoms with Gasteiger partial charge in [0.2, 0.25) is 11.8 Å². The average molecular weight is 520 g/mol. The van der Waals surface area contributed by atoms with Crippen LogP contribution in [-0.2, 0) is 19.1 Å². The third-order valence-electron chi connectivity index (χ3n) is 7.01. The number of amides is 3. The number of benzene rings is 1. The van der Waals surface area contributed by atoms with Gasteiger partial charge in [-0.3, -0.25) is 9.59 Å². The molecule has 36 heavy (non-hydrogen) atoms. The van der Waals surface area contributed by atoms with E-state index >= 15 is 0 Å². The van der Waals surface area contributed by atoms with Crippen LogP contribution in [0.2, 0.25) is 5.02 Å². The van der Waals surface area contributed by atoms with Crippen molar-refractivity contribution >= 4 is 35.8 Å². The average Bonchev–Trinajstić information content (AvgIpc) is 2.87. The summed E-state index contributed by atoms with van der Waals surface area (Å²) in [6, 6.07) is 5.60. The molecule has 3 N–H and O–H groups in total. The number of ether oxygens (including phenoxy) is 1. The summed E-state index contributed by atoms with van der Waals surface area (Å²) < 4.78 is 5.83. The predicted octanol–water partition coefficient (Wildman–Crippen LogP) is 4.60. The Morgan fingerprint density at radius 1 is 0.944 bits per heavy atom. The summed E-state index contributed by atoms with van der Waals surface area (Å²) in [5.74, 6) is -0.264. The van der Waals surface area contributed by atoms with Crippen LogP contribution in [0.5, 0.6) is 0 Å². The maximum atomic E-state index is 13.2. The monoisotopic (exact) mass is 519 g/mol. The Morgan fingerprint density at radius 2 is 1.69 bits per heavy atom. The molecule has 1 aromatic rings. The molecule has 3 atom stereocenters. The van der Waals surface area contributed by atoms with Crippen LogP contribution in [-0.4, -0.2) is 42.8 Å². The number of carbonyl (C=O) groups excluding carboxylic acids is 4. The van der Waals surface area contributed by atoms with E-state index < -0.39 is 30.2 Å². The standard InChI is InChI=1S/C27H38ClN3O5/c28-21-11-7-10-20(17-21)24-12-5-2-6-15-29-25(33)14-13-22(18-32)30-26(34)23(31-27(35)36-24)16-19-8-3-1-4-9-19/h7,10-11,17-19,22-24H,1-6,8-9,12-16H2,(H,29,33)(H,30,34)(H,31,35)/t22-,23-,24?/m0/s1. The smallest absolute Gasteiger partial charge is 0.408 e. The zero-order valence-electron chi connectivity index (χ0n) is 20.8. The summed E-state index contributed by atoms with van der Waals surface area (Å²) in [6.07, 6.45) is 8.70. The number of hydrogen-bond donors (Lipinski definition) is 3. The van der Waals surface area contributed by atoms with Crippen molar-refractivity contribution in [3.8, 4) is 0 Å². The lowest BCUT2D eigenvalue weighted by Gasteiger charge is -2.28. The van der Waals surface area contributed by atoms with Gasteiger partial charge in [0.1, 0.15) is 18.4 Å². The summed E-state index contributed by atoms with van der Waals surface area (Å²) in [4.78, 5) is 50.0. The van der Waals surface area contributed by atoms with E-state index in [0.29, 0.717) is 36.6 Å². The van der Waals surface area contributed by atoms with Crippen molar-refractivity contribution in [2.24, 2.45) is 5.92 Å². The fourth-order valence-corrected chi connectivity index (χ4v) is 5.18. The van der Waals surface area contributed by atoms with Crippen molar-refractivity contribution in [1.29, 1.82) is 0 Å². The fraction of sp³-hybridized carbons (Fsp3) is 0.630. The Labute approximate surface area is 218 Å². The molecule has 0 radical (unpaired) electrons. The predicted molar refractivity (Wildman–Crippen MR) is 137 cm³/mol. The van der Waals surface area contributed by atoms with Crippen LogP contribution in [0.3, 0.4) is 0 Å². The number of cyclic esters (lactones) is 1. The van der Waals surface area contributed by atoms with Crippen molar-refractivity contribution in [2.75, 3.05) is 6.54 Å². The highest BCUT2D eigenvalue weighted by Gasteiger charge is 2.29. The second-order valence-corrected chi connectivity index (χ2v) is 10.3. The van der Waals surface area contributed by atoms with Gasteiger partial charge in [-0.05, 0) is 55.7 Å². The van der Waals surface area contributed by atoms with Gasteiger partial charge in [0.05, 0.1) is 6.04 Å². The van der Waals surface area contributed by atoms with Gasteiger partial charge in [0, 0.05) is 18.0 Å². The number of aldehydes is 1. The van der Waals surface area contributed by atoms with E-state index in [1.54, 1.807) is 12.1 Å². The Hall–Kier alpha value is -2.61. The third-order valence-corrected chi connectivity index (χ3v) is 7.25. The Balaban J connectivity index is 1.78. The van der Waals surface area contributed by atoms with Crippen LogP contribution in [0.15, 0.2) is 24.3 Å². The van der Waals surface area contributed by atoms with Gasteiger partial charge in [0.15, 0.2) is 0 Å². The summed E-state index contributed by atoms with van der Waals surface area (Å²) >= 11 is 6.18. The lowest BCUT2D eigenvalue weighted by molar-refractivity contribution is -0.127. The largest absolute Gasteiger partial charge is 0.441 e. The molecule has 1 unspecified atom stereocenters. The molecule has 2 fully saturated rings. The quantitative estimate of drug-likeness (QED) is 0.503. The van der Waals surface area contributed by atoms with E-state index in [-0.39, 0.29) is 18.7 Å². The molecule has 198 valence electrons. The SMILES string of the molecule is O=C[C@@H]1CCC(=O)NCCCCCC(c2cccc(Cl)c2)OC(=O)N[C@@H](CC2CCCCC2)C(=O)N1. The minimum absolute atomic E-state index is 0.142. The second-order valence-electron chi connectivity index (χ2n) is 9.87. The molecule has 3 amide bonds. The Kier molecular flexibility index (Phi) is 11.5. The number of hydrogen-bond acceptors (Lipinski definition) is 5. The van der Waals surface area contributed by atoms with E-state index in [1.807, 2.05) is 12.1 Å². The first-order valence-electron chi connectivity index (χ1n) is 13.2. The number of carbonyl (C=O) groups is 4. The molecule has 0 bridgehead atoms. The highest BCUT2D eigenvalue weighted by molar-refractivity contribution is 6.30. The lowest BCUT2D eigenvalue weighted by atomic mass is 9.84. The van der Waals surface area contributed by atoms with Gasteiger partial charge < -0.3 is 25.5 Å². The molecule has 1 heterocycles. The lowest BCUT2D eigenvalue weighted by Crippen LogP contribution is -2.51. The topological polar surface area (TPSA) is 114 Å². The van der Waals surface area contributed by atoms with Crippen LogP contribution >= 0.6 is 11.6 Å². The molecule has 3 rings (SSSR count). The molecule has 1 aromatic carbocycles. The number of nitrogens with one attached hydrogen (secondary N) is 3. The highest BCUT2D eigenvalue weighted by Crippen LogP contribution is 2.29. The van der Waals surface area contributed by atoms with Gasteiger partial charge >= 0.3 is 6.09 Å². The van der Waals surface area contributed by atoms with Crippen LogP contribution in [0.4, 0.5) is 4.79 Å². The number of alkyl carbamates (subject to hydrolysis) is 1. The van der Waals surface area contributed by atoms with Crippen molar-refractivity contribution in [3.05, 3.63) is 34.9 Å². The Morgan fingerprint density at radius 3 is 2.44 bits per heavy atom.